The van der Waals surface area contributed by atoms with Crippen LogP contribution in [0.2, 0.25) is 5.02 Å². The molecule has 2 nitrogen and oxygen atoms in total. The maximum Gasteiger partial charge on any atom is 0.339 e. The molecule has 0 radical (unpaired) electrons. The summed E-state index contributed by atoms with van der Waals surface area (Å²) in [6, 6.07) is 5.11. The molecular formula is C12H12ClFO2. The van der Waals surface area contributed by atoms with E-state index in [0.29, 0.717) is 16.1 Å². The third-order valence-electron chi connectivity index (χ3n) is 3.08. The monoisotopic (exact) mass is 242 g/mol. The number of benzene rings is 1. The van der Waals surface area contributed by atoms with Gasteiger partial charge in [-0.15, -0.1) is 0 Å². The first-order valence-electron chi connectivity index (χ1n) is 5.08. The Morgan fingerprint density at radius 2 is 2.25 bits per heavy atom. The SMILES string of the molecule is COC(=O)c1c(Cl)cccc1C1(CF)CC1. The zero-order valence-electron chi connectivity index (χ0n) is 8.93. The molecule has 1 aliphatic rings. The lowest BCUT2D eigenvalue weighted by Crippen LogP contribution is -2.16. The molecule has 0 aromatic heterocycles. The van der Waals surface area contributed by atoms with E-state index in [0.717, 1.165) is 12.8 Å². The number of hydrogen-bond donors (Lipinski definition) is 0. The summed E-state index contributed by atoms with van der Waals surface area (Å²) in [5, 5.41) is 0.323. The van der Waals surface area contributed by atoms with Crippen molar-refractivity contribution in [2.45, 2.75) is 18.3 Å². The van der Waals surface area contributed by atoms with E-state index >= 15 is 0 Å². The highest BCUT2D eigenvalue weighted by Gasteiger charge is 2.47. The van der Waals surface area contributed by atoms with Crippen LogP contribution in [0.4, 0.5) is 4.39 Å². The number of rotatable bonds is 3. The van der Waals surface area contributed by atoms with Crippen LogP contribution in [-0.2, 0) is 10.2 Å². The van der Waals surface area contributed by atoms with Crippen LogP contribution in [0.3, 0.4) is 0 Å². The van der Waals surface area contributed by atoms with Crippen molar-refractivity contribution in [1.82, 2.24) is 0 Å². The van der Waals surface area contributed by atoms with E-state index in [9.17, 15) is 9.18 Å². The van der Waals surface area contributed by atoms with Crippen molar-refractivity contribution in [2.75, 3.05) is 13.8 Å². The molecule has 1 aliphatic carbocycles. The highest BCUT2D eigenvalue weighted by molar-refractivity contribution is 6.33. The molecule has 0 unspecified atom stereocenters. The first-order valence-corrected chi connectivity index (χ1v) is 5.46. The van der Waals surface area contributed by atoms with Crippen LogP contribution in [0.1, 0.15) is 28.8 Å². The van der Waals surface area contributed by atoms with Gasteiger partial charge in [-0.2, -0.15) is 0 Å². The van der Waals surface area contributed by atoms with E-state index in [1.807, 2.05) is 0 Å². The zero-order chi connectivity index (χ0) is 11.8. The Labute approximate surface area is 98.4 Å². The number of halogens is 2. The second-order valence-electron chi connectivity index (χ2n) is 4.07. The van der Waals surface area contributed by atoms with Crippen molar-refractivity contribution < 1.29 is 13.9 Å². The van der Waals surface area contributed by atoms with E-state index in [2.05, 4.69) is 4.74 Å². The molecular weight excluding hydrogens is 231 g/mol. The molecule has 0 saturated heterocycles. The van der Waals surface area contributed by atoms with E-state index < -0.39 is 18.1 Å². The third-order valence-corrected chi connectivity index (χ3v) is 3.40. The lowest BCUT2D eigenvalue weighted by molar-refractivity contribution is 0.0598. The normalized spacial score (nSPS) is 16.9. The summed E-state index contributed by atoms with van der Waals surface area (Å²) in [4.78, 5) is 11.6. The molecule has 0 spiro atoms. The van der Waals surface area contributed by atoms with Crippen molar-refractivity contribution in [2.24, 2.45) is 0 Å². The van der Waals surface area contributed by atoms with Gasteiger partial charge in [-0.05, 0) is 24.5 Å². The van der Waals surface area contributed by atoms with Gasteiger partial charge in [-0.3, -0.25) is 4.39 Å². The Morgan fingerprint density at radius 1 is 1.56 bits per heavy atom. The summed E-state index contributed by atoms with van der Waals surface area (Å²) in [7, 11) is 1.30. The minimum atomic E-state index is -0.506. The predicted octanol–water partition coefficient (Wildman–Crippen LogP) is 3.13. The minimum absolute atomic E-state index is 0.307. The average molecular weight is 243 g/mol. The van der Waals surface area contributed by atoms with Crippen LogP contribution >= 0.6 is 11.6 Å². The zero-order valence-corrected chi connectivity index (χ0v) is 9.68. The molecule has 0 atom stereocenters. The van der Waals surface area contributed by atoms with Crippen LogP contribution in [0.15, 0.2) is 18.2 Å². The van der Waals surface area contributed by atoms with Crippen molar-refractivity contribution in [3.8, 4) is 0 Å². The summed E-state index contributed by atoms with van der Waals surface area (Å²) in [5.74, 6) is -0.500. The van der Waals surface area contributed by atoms with Crippen molar-refractivity contribution in [3.05, 3.63) is 34.3 Å². The maximum absolute atomic E-state index is 13.0. The fourth-order valence-electron chi connectivity index (χ4n) is 1.90. The quantitative estimate of drug-likeness (QED) is 0.762. The molecule has 0 N–H and O–H groups in total. The Balaban J connectivity index is 2.53. The van der Waals surface area contributed by atoms with Gasteiger partial charge in [-0.25, -0.2) is 4.79 Å². The number of carbonyl (C=O) groups excluding carboxylic acids is 1. The van der Waals surface area contributed by atoms with Gasteiger partial charge in [0.2, 0.25) is 0 Å². The lowest BCUT2D eigenvalue weighted by Gasteiger charge is -2.16. The van der Waals surface area contributed by atoms with Gasteiger partial charge in [0.25, 0.3) is 0 Å². The van der Waals surface area contributed by atoms with E-state index in [-0.39, 0.29) is 0 Å². The van der Waals surface area contributed by atoms with Gasteiger partial charge < -0.3 is 4.74 Å². The highest BCUT2D eigenvalue weighted by atomic mass is 35.5. The van der Waals surface area contributed by atoms with E-state index in [4.69, 9.17) is 11.6 Å². The van der Waals surface area contributed by atoms with Gasteiger partial charge in [-0.1, -0.05) is 23.7 Å². The first kappa shape index (κ1) is 11.4. The Morgan fingerprint density at radius 3 is 2.75 bits per heavy atom. The van der Waals surface area contributed by atoms with Crippen LogP contribution in [-0.4, -0.2) is 19.8 Å². The largest absolute Gasteiger partial charge is 0.465 e. The lowest BCUT2D eigenvalue weighted by atomic mass is 9.92. The molecule has 86 valence electrons. The molecule has 2 rings (SSSR count). The Hall–Kier alpha value is -1.09. The molecule has 0 heterocycles. The molecule has 1 fully saturated rings. The van der Waals surface area contributed by atoms with Gasteiger partial charge in [0.15, 0.2) is 0 Å². The maximum atomic E-state index is 13.0. The molecule has 1 aromatic rings. The molecule has 4 heteroatoms. The fraction of sp³-hybridized carbons (Fsp3) is 0.417. The number of carbonyl (C=O) groups is 1. The van der Waals surface area contributed by atoms with Gasteiger partial charge >= 0.3 is 5.97 Å². The molecule has 1 aromatic carbocycles. The number of alkyl halides is 1. The number of ether oxygens (including phenoxy) is 1. The number of esters is 1. The highest BCUT2D eigenvalue weighted by Crippen LogP contribution is 2.50. The van der Waals surface area contributed by atoms with Crippen LogP contribution in [0.25, 0.3) is 0 Å². The Kier molecular flexibility index (Phi) is 2.89. The van der Waals surface area contributed by atoms with E-state index in [1.54, 1.807) is 18.2 Å². The first-order chi connectivity index (χ1) is 7.64. The van der Waals surface area contributed by atoms with Crippen LogP contribution in [0, 0.1) is 0 Å². The molecule has 0 bridgehead atoms. The summed E-state index contributed by atoms with van der Waals surface area (Å²) < 4.78 is 17.7. The second kappa shape index (κ2) is 4.06. The molecule has 0 amide bonds. The van der Waals surface area contributed by atoms with Crippen molar-refractivity contribution in [3.63, 3.8) is 0 Å². The minimum Gasteiger partial charge on any atom is -0.465 e. The van der Waals surface area contributed by atoms with Crippen LogP contribution < -0.4 is 0 Å². The second-order valence-corrected chi connectivity index (χ2v) is 4.48. The standard InChI is InChI=1S/C12H12ClFO2/c1-16-11(15)10-8(3-2-4-9(10)13)12(7-14)5-6-12/h2-4H,5-7H2,1H3. The van der Waals surface area contributed by atoms with Gasteiger partial charge in [0.1, 0.15) is 0 Å². The van der Waals surface area contributed by atoms with Crippen LogP contribution in [0.5, 0.6) is 0 Å². The van der Waals surface area contributed by atoms with Gasteiger partial charge in [0, 0.05) is 5.41 Å². The fourth-order valence-corrected chi connectivity index (χ4v) is 2.15. The summed E-state index contributed by atoms with van der Waals surface area (Å²) in [6.45, 7) is -0.461. The molecule has 1 saturated carbocycles. The summed E-state index contributed by atoms with van der Waals surface area (Å²) >= 11 is 5.97. The summed E-state index contributed by atoms with van der Waals surface area (Å²) in [6.07, 6.45) is 1.52. The van der Waals surface area contributed by atoms with Crippen molar-refractivity contribution >= 4 is 17.6 Å². The average Bonchev–Trinajstić information content (AvgIpc) is 3.08. The smallest absolute Gasteiger partial charge is 0.339 e. The topological polar surface area (TPSA) is 26.3 Å². The van der Waals surface area contributed by atoms with E-state index in [1.165, 1.54) is 7.11 Å². The van der Waals surface area contributed by atoms with Crippen molar-refractivity contribution in [1.29, 1.82) is 0 Å². The molecule has 16 heavy (non-hydrogen) atoms. The number of hydrogen-bond acceptors (Lipinski definition) is 2. The third kappa shape index (κ3) is 1.69. The summed E-state index contributed by atoms with van der Waals surface area (Å²) in [5.41, 5.74) is 0.477. The number of methoxy groups -OCH3 is 1. The Bertz CT molecular complexity index is 427. The van der Waals surface area contributed by atoms with Gasteiger partial charge in [0.05, 0.1) is 24.4 Å². The molecule has 0 aliphatic heterocycles. The predicted molar refractivity (Wildman–Crippen MR) is 59.7 cm³/mol.